The zero-order valence-corrected chi connectivity index (χ0v) is 20.0. The first-order chi connectivity index (χ1) is 15.3. The molecule has 1 aliphatic heterocycles. The molecule has 0 bridgehead atoms. The quantitative estimate of drug-likeness (QED) is 0.646. The molecule has 5 nitrogen and oxygen atoms in total. The van der Waals surface area contributed by atoms with Gasteiger partial charge in [-0.15, -0.1) is 0 Å². The number of hydrogen-bond acceptors (Lipinski definition) is 3. The van der Waals surface area contributed by atoms with Gasteiger partial charge in [0.15, 0.2) is 6.10 Å². The summed E-state index contributed by atoms with van der Waals surface area (Å²) in [6, 6.07) is 14.2. The van der Waals surface area contributed by atoms with Crippen LogP contribution in [0.4, 0.5) is 0 Å². The van der Waals surface area contributed by atoms with Crippen LogP contribution in [0.25, 0.3) is 0 Å². The van der Waals surface area contributed by atoms with E-state index in [9.17, 15) is 9.59 Å². The van der Waals surface area contributed by atoms with Crippen molar-refractivity contribution < 1.29 is 14.3 Å². The molecule has 2 amide bonds. The Morgan fingerprint density at radius 1 is 1.16 bits per heavy atom. The fourth-order valence-electron chi connectivity index (χ4n) is 4.22. The van der Waals surface area contributed by atoms with Crippen molar-refractivity contribution >= 4 is 11.8 Å². The van der Waals surface area contributed by atoms with E-state index >= 15 is 0 Å². The summed E-state index contributed by atoms with van der Waals surface area (Å²) in [5, 5.41) is 2.95. The molecule has 1 heterocycles. The molecule has 0 aliphatic carbocycles. The summed E-state index contributed by atoms with van der Waals surface area (Å²) in [6.07, 6.45) is 1.64. The average molecular weight is 437 g/mol. The topological polar surface area (TPSA) is 58.6 Å². The van der Waals surface area contributed by atoms with Crippen molar-refractivity contribution in [1.29, 1.82) is 0 Å². The third-order valence-electron chi connectivity index (χ3n) is 6.03. The lowest BCUT2D eigenvalue weighted by molar-refractivity contribution is -0.133. The van der Waals surface area contributed by atoms with Crippen LogP contribution in [-0.4, -0.2) is 35.9 Å². The molecule has 0 spiro atoms. The zero-order chi connectivity index (χ0) is 23.3. The van der Waals surface area contributed by atoms with Crippen LogP contribution in [-0.2, 0) is 16.0 Å². The van der Waals surface area contributed by atoms with Gasteiger partial charge in [-0.25, -0.2) is 0 Å². The first kappa shape index (κ1) is 23.8. The van der Waals surface area contributed by atoms with Crippen LogP contribution in [0.2, 0.25) is 0 Å². The van der Waals surface area contributed by atoms with E-state index < -0.39 is 6.10 Å². The number of aryl methyl sites for hydroxylation is 1. The third kappa shape index (κ3) is 5.70. The Labute approximate surface area is 192 Å². The van der Waals surface area contributed by atoms with Crippen LogP contribution < -0.4 is 10.1 Å². The number of ether oxygens (including phenoxy) is 1. The number of benzene rings is 2. The summed E-state index contributed by atoms with van der Waals surface area (Å²) < 4.78 is 6.01. The Morgan fingerprint density at radius 2 is 1.94 bits per heavy atom. The highest BCUT2D eigenvalue weighted by atomic mass is 16.5. The van der Waals surface area contributed by atoms with E-state index in [1.807, 2.05) is 30.0 Å². The first-order valence-corrected chi connectivity index (χ1v) is 11.7. The van der Waals surface area contributed by atoms with Gasteiger partial charge in [0.25, 0.3) is 5.91 Å². The first-order valence-electron chi connectivity index (χ1n) is 11.7. The number of nitrogens with one attached hydrogen (secondary N) is 1. The average Bonchev–Trinajstić information content (AvgIpc) is 2.77. The van der Waals surface area contributed by atoms with Crippen molar-refractivity contribution in [3.8, 4) is 5.75 Å². The highest BCUT2D eigenvalue weighted by Gasteiger charge is 2.32. The Hall–Kier alpha value is -2.82. The van der Waals surface area contributed by atoms with Crippen molar-refractivity contribution in [2.45, 2.75) is 66.0 Å². The maximum absolute atomic E-state index is 12.8. The van der Waals surface area contributed by atoms with E-state index in [0.29, 0.717) is 31.2 Å². The van der Waals surface area contributed by atoms with Gasteiger partial charge < -0.3 is 15.0 Å². The molecule has 1 aliphatic rings. The fraction of sp³-hybridized carbons (Fsp3) is 0.481. The van der Waals surface area contributed by atoms with Gasteiger partial charge in [-0.3, -0.25) is 9.59 Å². The molecule has 2 aromatic carbocycles. The maximum Gasteiger partial charge on any atom is 0.260 e. The minimum absolute atomic E-state index is 0.110. The van der Waals surface area contributed by atoms with E-state index in [2.05, 4.69) is 50.4 Å². The predicted octanol–water partition coefficient (Wildman–Crippen LogP) is 4.81. The summed E-state index contributed by atoms with van der Waals surface area (Å²) in [5.74, 6) is 1.23. The van der Waals surface area contributed by atoms with E-state index in [1.165, 1.54) is 5.56 Å². The molecule has 2 atom stereocenters. The number of amides is 2. The minimum atomic E-state index is -0.588. The molecule has 0 fully saturated rings. The van der Waals surface area contributed by atoms with E-state index in [-0.39, 0.29) is 17.9 Å². The second kappa shape index (κ2) is 10.7. The molecule has 172 valence electrons. The molecule has 32 heavy (non-hydrogen) atoms. The molecule has 1 N–H and O–H groups in total. The molecule has 3 rings (SSSR count). The van der Waals surface area contributed by atoms with Crippen LogP contribution in [0.3, 0.4) is 0 Å². The van der Waals surface area contributed by atoms with Gasteiger partial charge in [0, 0.05) is 19.5 Å². The van der Waals surface area contributed by atoms with Crippen molar-refractivity contribution in [3.63, 3.8) is 0 Å². The van der Waals surface area contributed by atoms with Gasteiger partial charge in [-0.2, -0.15) is 0 Å². The molecular weight excluding hydrogens is 400 g/mol. The summed E-state index contributed by atoms with van der Waals surface area (Å²) in [7, 11) is 0. The monoisotopic (exact) mass is 436 g/mol. The van der Waals surface area contributed by atoms with E-state index in [0.717, 1.165) is 29.5 Å². The molecule has 0 saturated carbocycles. The Morgan fingerprint density at radius 3 is 2.62 bits per heavy atom. The lowest BCUT2D eigenvalue weighted by atomic mass is 9.87. The van der Waals surface area contributed by atoms with Crippen LogP contribution >= 0.6 is 0 Å². The number of hydrogen-bond donors (Lipinski definition) is 1. The van der Waals surface area contributed by atoms with Crippen molar-refractivity contribution in [1.82, 2.24) is 10.2 Å². The summed E-state index contributed by atoms with van der Waals surface area (Å²) in [6.45, 7) is 11.4. The van der Waals surface area contributed by atoms with Crippen LogP contribution in [0.1, 0.15) is 68.8 Å². The Kier molecular flexibility index (Phi) is 7.94. The SMILES string of the molecule is CCC(=O)N1CCc2ccc(OC(C)C(=O)NCCC(C)C)cc2C1c1cccc(C)c1. The molecule has 5 heteroatoms. The lowest BCUT2D eigenvalue weighted by Gasteiger charge is -2.38. The molecule has 2 aromatic rings. The second-order valence-corrected chi connectivity index (χ2v) is 9.10. The summed E-state index contributed by atoms with van der Waals surface area (Å²) >= 11 is 0. The van der Waals surface area contributed by atoms with Gasteiger partial charge in [-0.05, 0) is 61.4 Å². The predicted molar refractivity (Wildman–Crippen MR) is 128 cm³/mol. The Bertz CT molecular complexity index is 954. The van der Waals surface area contributed by atoms with E-state index in [4.69, 9.17) is 4.74 Å². The van der Waals surface area contributed by atoms with Crippen LogP contribution in [0, 0.1) is 12.8 Å². The van der Waals surface area contributed by atoms with Crippen LogP contribution in [0.15, 0.2) is 42.5 Å². The van der Waals surface area contributed by atoms with Crippen molar-refractivity contribution in [3.05, 3.63) is 64.7 Å². The van der Waals surface area contributed by atoms with Gasteiger partial charge >= 0.3 is 0 Å². The van der Waals surface area contributed by atoms with Crippen molar-refractivity contribution in [2.75, 3.05) is 13.1 Å². The van der Waals surface area contributed by atoms with Gasteiger partial charge in [0.1, 0.15) is 5.75 Å². The van der Waals surface area contributed by atoms with Gasteiger partial charge in [-0.1, -0.05) is 56.7 Å². The second-order valence-electron chi connectivity index (χ2n) is 9.10. The van der Waals surface area contributed by atoms with Gasteiger partial charge in [0.2, 0.25) is 5.91 Å². The highest BCUT2D eigenvalue weighted by molar-refractivity contribution is 5.80. The van der Waals surface area contributed by atoms with Gasteiger partial charge in [0.05, 0.1) is 6.04 Å². The Balaban J connectivity index is 1.86. The molecule has 0 radical (unpaired) electrons. The number of carbonyl (C=O) groups is 2. The van der Waals surface area contributed by atoms with Crippen molar-refractivity contribution in [2.24, 2.45) is 5.92 Å². The van der Waals surface area contributed by atoms with Crippen LogP contribution in [0.5, 0.6) is 5.75 Å². The number of carbonyl (C=O) groups excluding carboxylic acids is 2. The standard InChI is InChI=1S/C27H36N2O3/c1-6-25(30)29-15-13-21-10-11-23(32-20(5)27(31)28-14-12-18(2)3)17-24(21)26(29)22-9-7-8-19(4)16-22/h7-11,16-18,20,26H,6,12-15H2,1-5H3,(H,28,31). The smallest absolute Gasteiger partial charge is 0.260 e. The normalized spacial score (nSPS) is 16.4. The van der Waals surface area contributed by atoms with E-state index in [1.54, 1.807) is 6.92 Å². The molecule has 2 unspecified atom stereocenters. The number of rotatable bonds is 8. The summed E-state index contributed by atoms with van der Waals surface area (Å²) in [5.41, 5.74) is 4.56. The zero-order valence-electron chi connectivity index (χ0n) is 20.0. The lowest BCUT2D eigenvalue weighted by Crippen LogP contribution is -2.40. The number of nitrogens with zero attached hydrogens (tertiary/aromatic N) is 1. The molecule has 0 saturated heterocycles. The molecule has 0 aromatic heterocycles. The molecular formula is C27H36N2O3. The third-order valence-corrected chi connectivity index (χ3v) is 6.03. The highest BCUT2D eigenvalue weighted by Crippen LogP contribution is 2.38. The fourth-order valence-corrected chi connectivity index (χ4v) is 4.22. The summed E-state index contributed by atoms with van der Waals surface area (Å²) in [4.78, 5) is 27.2. The maximum atomic E-state index is 12.8. The number of fused-ring (bicyclic) bond motifs is 1. The largest absolute Gasteiger partial charge is 0.481 e. The minimum Gasteiger partial charge on any atom is -0.481 e.